The Bertz CT molecular complexity index is 441. The second-order valence-corrected chi connectivity index (χ2v) is 3.33. The van der Waals surface area contributed by atoms with E-state index in [1.54, 1.807) is 0 Å². The van der Waals surface area contributed by atoms with Gasteiger partial charge in [-0.1, -0.05) is 37.5 Å². The summed E-state index contributed by atoms with van der Waals surface area (Å²) in [6.07, 6.45) is 0. The second kappa shape index (κ2) is 4.23. The SMILES string of the molecule is CC.Cc1cccc2s[nH]c(=O)c12. The smallest absolute Gasteiger partial charge is 0.266 e. The highest BCUT2D eigenvalue weighted by atomic mass is 32.1. The van der Waals surface area contributed by atoms with Gasteiger partial charge in [-0.15, -0.1) is 0 Å². The molecular formula is C10H13NOS. The second-order valence-electron chi connectivity index (χ2n) is 2.48. The summed E-state index contributed by atoms with van der Waals surface area (Å²) in [7, 11) is 0. The summed E-state index contributed by atoms with van der Waals surface area (Å²) in [5.41, 5.74) is 1.08. The van der Waals surface area contributed by atoms with Crippen LogP contribution in [0.2, 0.25) is 0 Å². The predicted octanol–water partition coefficient (Wildman–Crippen LogP) is 2.92. The third-order valence-electron chi connectivity index (χ3n) is 1.72. The Morgan fingerprint density at radius 2 is 2.00 bits per heavy atom. The standard InChI is InChI=1S/C8H7NOS.C2H6/c1-5-3-2-4-6-7(5)8(10)9-11-6;1-2/h2-4H,1H3,(H,9,10);1-2H3. The van der Waals surface area contributed by atoms with Crippen LogP contribution < -0.4 is 5.56 Å². The molecule has 1 aromatic carbocycles. The van der Waals surface area contributed by atoms with Crippen LogP contribution in [0.1, 0.15) is 19.4 Å². The molecule has 2 rings (SSSR count). The molecule has 0 radical (unpaired) electrons. The van der Waals surface area contributed by atoms with Crippen LogP contribution >= 0.6 is 11.5 Å². The topological polar surface area (TPSA) is 32.9 Å². The van der Waals surface area contributed by atoms with Crippen molar-refractivity contribution in [3.63, 3.8) is 0 Å². The van der Waals surface area contributed by atoms with Gasteiger partial charge in [0, 0.05) is 0 Å². The minimum Gasteiger partial charge on any atom is -0.277 e. The molecule has 1 heterocycles. The molecule has 3 heteroatoms. The number of hydrogen-bond donors (Lipinski definition) is 1. The lowest BCUT2D eigenvalue weighted by molar-refractivity contribution is 1.43. The number of aromatic amines is 1. The Morgan fingerprint density at radius 1 is 1.31 bits per heavy atom. The lowest BCUT2D eigenvalue weighted by atomic mass is 10.2. The van der Waals surface area contributed by atoms with E-state index in [-0.39, 0.29) is 5.56 Å². The van der Waals surface area contributed by atoms with E-state index in [0.717, 1.165) is 15.6 Å². The summed E-state index contributed by atoms with van der Waals surface area (Å²) in [4.78, 5) is 11.2. The molecule has 0 spiro atoms. The van der Waals surface area contributed by atoms with E-state index in [0.29, 0.717) is 0 Å². The molecule has 0 atom stereocenters. The minimum absolute atomic E-state index is 0.0306. The van der Waals surface area contributed by atoms with E-state index in [4.69, 9.17) is 0 Å². The molecule has 0 aliphatic carbocycles. The van der Waals surface area contributed by atoms with E-state index in [1.165, 1.54) is 11.5 Å². The molecule has 0 saturated heterocycles. The minimum atomic E-state index is 0.0306. The Balaban J connectivity index is 0.000000396. The molecule has 2 nitrogen and oxygen atoms in total. The number of H-pyrrole nitrogens is 1. The number of rotatable bonds is 0. The van der Waals surface area contributed by atoms with Crippen molar-refractivity contribution in [1.82, 2.24) is 4.37 Å². The highest BCUT2D eigenvalue weighted by Crippen LogP contribution is 2.16. The first-order valence-electron chi connectivity index (χ1n) is 4.36. The van der Waals surface area contributed by atoms with Gasteiger partial charge in [0.2, 0.25) is 0 Å². The van der Waals surface area contributed by atoms with Gasteiger partial charge in [0.15, 0.2) is 0 Å². The average molecular weight is 195 g/mol. The van der Waals surface area contributed by atoms with Crippen molar-refractivity contribution in [2.75, 3.05) is 0 Å². The molecule has 13 heavy (non-hydrogen) atoms. The zero-order valence-corrected chi connectivity index (χ0v) is 8.87. The summed E-state index contributed by atoms with van der Waals surface area (Å²) in [6.45, 7) is 5.95. The van der Waals surface area contributed by atoms with Gasteiger partial charge in [0.25, 0.3) is 5.56 Å². The van der Waals surface area contributed by atoms with E-state index in [1.807, 2.05) is 39.0 Å². The van der Waals surface area contributed by atoms with E-state index in [9.17, 15) is 4.79 Å². The average Bonchev–Trinajstić information content (AvgIpc) is 2.53. The van der Waals surface area contributed by atoms with E-state index >= 15 is 0 Å². The molecule has 1 aromatic heterocycles. The monoisotopic (exact) mass is 195 g/mol. The molecule has 0 fully saturated rings. The molecule has 0 unspecified atom stereocenters. The lowest BCUT2D eigenvalue weighted by Gasteiger charge is -1.89. The van der Waals surface area contributed by atoms with Crippen LogP contribution in [0.4, 0.5) is 0 Å². The van der Waals surface area contributed by atoms with Crippen molar-refractivity contribution < 1.29 is 0 Å². The van der Waals surface area contributed by atoms with Crippen molar-refractivity contribution in [2.45, 2.75) is 20.8 Å². The van der Waals surface area contributed by atoms with Crippen LogP contribution in [0.3, 0.4) is 0 Å². The fourth-order valence-corrected chi connectivity index (χ4v) is 1.98. The van der Waals surface area contributed by atoms with Crippen LogP contribution in [-0.2, 0) is 0 Å². The number of nitrogens with one attached hydrogen (secondary N) is 1. The summed E-state index contributed by atoms with van der Waals surface area (Å²) in [6, 6.07) is 5.86. The van der Waals surface area contributed by atoms with Crippen LogP contribution in [0.15, 0.2) is 23.0 Å². The molecule has 70 valence electrons. The number of aryl methyl sites for hydroxylation is 1. The summed E-state index contributed by atoms with van der Waals surface area (Å²) >= 11 is 1.39. The van der Waals surface area contributed by atoms with Crippen molar-refractivity contribution in [1.29, 1.82) is 0 Å². The predicted molar refractivity (Wildman–Crippen MR) is 58.5 cm³/mol. The van der Waals surface area contributed by atoms with Gasteiger partial charge in [-0.2, -0.15) is 0 Å². The van der Waals surface area contributed by atoms with E-state index < -0.39 is 0 Å². The fourth-order valence-electron chi connectivity index (χ4n) is 1.17. The highest BCUT2D eigenvalue weighted by Gasteiger charge is 2.01. The summed E-state index contributed by atoms with van der Waals surface area (Å²) < 4.78 is 3.74. The van der Waals surface area contributed by atoms with Gasteiger partial charge >= 0.3 is 0 Å². The Labute approximate surface area is 81.4 Å². The van der Waals surface area contributed by atoms with Gasteiger partial charge in [0.1, 0.15) is 0 Å². The normalized spacial score (nSPS) is 9.46. The summed E-state index contributed by atoms with van der Waals surface area (Å²) in [5.74, 6) is 0. The highest BCUT2D eigenvalue weighted by molar-refractivity contribution is 7.13. The molecule has 0 saturated carbocycles. The quantitative estimate of drug-likeness (QED) is 0.688. The molecule has 0 aliphatic rings. The van der Waals surface area contributed by atoms with Gasteiger partial charge in [-0.25, -0.2) is 0 Å². The fraction of sp³-hybridized carbons (Fsp3) is 0.300. The molecule has 0 amide bonds. The zero-order valence-electron chi connectivity index (χ0n) is 8.05. The van der Waals surface area contributed by atoms with Gasteiger partial charge in [0.05, 0.1) is 10.1 Å². The number of benzene rings is 1. The van der Waals surface area contributed by atoms with Crippen LogP contribution in [0.25, 0.3) is 10.1 Å². The largest absolute Gasteiger partial charge is 0.277 e. The number of hydrogen-bond acceptors (Lipinski definition) is 2. The zero-order chi connectivity index (χ0) is 9.84. The first kappa shape index (κ1) is 9.99. The third kappa shape index (κ3) is 1.80. The number of fused-ring (bicyclic) bond motifs is 1. The Hall–Kier alpha value is -1.09. The lowest BCUT2D eigenvalue weighted by Crippen LogP contribution is -1.97. The maximum absolute atomic E-state index is 11.2. The van der Waals surface area contributed by atoms with Crippen molar-refractivity contribution >= 4 is 21.6 Å². The first-order chi connectivity index (χ1) is 6.29. The van der Waals surface area contributed by atoms with Crippen LogP contribution in [-0.4, -0.2) is 4.37 Å². The van der Waals surface area contributed by atoms with Crippen molar-refractivity contribution in [3.8, 4) is 0 Å². The first-order valence-corrected chi connectivity index (χ1v) is 5.17. The maximum Gasteiger partial charge on any atom is 0.266 e. The molecule has 0 aliphatic heterocycles. The van der Waals surface area contributed by atoms with Crippen LogP contribution in [0, 0.1) is 6.92 Å². The molecule has 1 N–H and O–H groups in total. The van der Waals surface area contributed by atoms with Gasteiger partial charge in [-0.3, -0.25) is 9.17 Å². The Kier molecular flexibility index (Phi) is 3.25. The molecular weight excluding hydrogens is 182 g/mol. The molecule has 0 bridgehead atoms. The van der Waals surface area contributed by atoms with E-state index in [2.05, 4.69) is 4.37 Å². The molecule has 2 aromatic rings. The number of aromatic nitrogens is 1. The summed E-state index contributed by atoms with van der Waals surface area (Å²) in [5, 5.41) is 0.831. The Morgan fingerprint density at radius 3 is 2.62 bits per heavy atom. The van der Waals surface area contributed by atoms with Crippen LogP contribution in [0.5, 0.6) is 0 Å². The maximum atomic E-state index is 11.2. The van der Waals surface area contributed by atoms with Crippen molar-refractivity contribution in [3.05, 3.63) is 34.1 Å². The van der Waals surface area contributed by atoms with Gasteiger partial charge in [-0.05, 0) is 18.6 Å². The third-order valence-corrected chi connectivity index (χ3v) is 2.56. The van der Waals surface area contributed by atoms with Gasteiger partial charge < -0.3 is 0 Å². The van der Waals surface area contributed by atoms with Crippen molar-refractivity contribution in [2.24, 2.45) is 0 Å².